The van der Waals surface area contributed by atoms with Gasteiger partial charge >= 0.3 is 0 Å². The standard InChI is InChI=1S/C20H25ClN4O2/c21-17-6-4-5-16(13-17)19-22-18(27-23-19)14-24-11-7-15(8-12-24)20(26)25-9-2-1-3-10-25/h4-6,13,15H,1-3,7-12,14H2. The number of carbonyl (C=O) groups excluding carboxylic acids is 1. The normalized spacial score (nSPS) is 19.4. The number of hydrogen-bond acceptors (Lipinski definition) is 5. The Morgan fingerprint density at radius 2 is 1.93 bits per heavy atom. The molecule has 6 nitrogen and oxygen atoms in total. The van der Waals surface area contributed by atoms with E-state index in [0.29, 0.717) is 29.2 Å². The molecule has 0 spiro atoms. The molecule has 1 aromatic heterocycles. The maximum absolute atomic E-state index is 12.7. The average Bonchev–Trinajstić information content (AvgIpc) is 3.17. The molecular weight excluding hydrogens is 364 g/mol. The zero-order valence-electron chi connectivity index (χ0n) is 15.4. The molecular formula is C20H25ClN4O2. The van der Waals surface area contributed by atoms with Crippen molar-refractivity contribution >= 4 is 17.5 Å². The molecule has 2 aliphatic heterocycles. The molecule has 0 radical (unpaired) electrons. The van der Waals surface area contributed by atoms with E-state index in [1.807, 2.05) is 24.3 Å². The lowest BCUT2D eigenvalue weighted by Crippen LogP contribution is -2.44. The monoisotopic (exact) mass is 388 g/mol. The number of halogens is 1. The summed E-state index contributed by atoms with van der Waals surface area (Å²) in [7, 11) is 0. The predicted molar refractivity (Wildman–Crippen MR) is 103 cm³/mol. The second-order valence-corrected chi connectivity index (χ2v) is 7.89. The van der Waals surface area contributed by atoms with Gasteiger partial charge in [-0.15, -0.1) is 0 Å². The quantitative estimate of drug-likeness (QED) is 0.800. The molecule has 144 valence electrons. The smallest absolute Gasteiger partial charge is 0.241 e. The van der Waals surface area contributed by atoms with E-state index in [2.05, 4.69) is 19.9 Å². The number of piperidine rings is 2. The van der Waals surface area contributed by atoms with E-state index in [1.54, 1.807) is 0 Å². The summed E-state index contributed by atoms with van der Waals surface area (Å²) in [5.41, 5.74) is 0.850. The van der Waals surface area contributed by atoms with E-state index in [-0.39, 0.29) is 5.92 Å². The molecule has 3 heterocycles. The van der Waals surface area contributed by atoms with Crippen LogP contribution in [0.15, 0.2) is 28.8 Å². The fraction of sp³-hybridized carbons (Fsp3) is 0.550. The number of aromatic nitrogens is 2. The molecule has 2 aromatic rings. The van der Waals surface area contributed by atoms with Gasteiger partial charge in [-0.25, -0.2) is 0 Å². The van der Waals surface area contributed by atoms with Crippen molar-refractivity contribution in [2.24, 2.45) is 5.92 Å². The lowest BCUT2D eigenvalue weighted by atomic mass is 9.94. The first-order chi connectivity index (χ1) is 13.2. The van der Waals surface area contributed by atoms with Crippen LogP contribution in [0.1, 0.15) is 38.0 Å². The summed E-state index contributed by atoms with van der Waals surface area (Å²) in [5.74, 6) is 1.69. The van der Waals surface area contributed by atoms with Crippen molar-refractivity contribution in [2.75, 3.05) is 26.2 Å². The third-order valence-electron chi connectivity index (χ3n) is 5.51. The van der Waals surface area contributed by atoms with Crippen molar-refractivity contribution in [3.8, 4) is 11.4 Å². The molecule has 0 N–H and O–H groups in total. The van der Waals surface area contributed by atoms with Gasteiger partial charge in [-0.3, -0.25) is 9.69 Å². The van der Waals surface area contributed by atoms with Crippen LogP contribution in [0.5, 0.6) is 0 Å². The van der Waals surface area contributed by atoms with Crippen LogP contribution in [-0.2, 0) is 11.3 Å². The molecule has 7 heteroatoms. The average molecular weight is 389 g/mol. The van der Waals surface area contributed by atoms with Crippen molar-refractivity contribution in [3.05, 3.63) is 35.2 Å². The first kappa shape index (κ1) is 18.4. The Hall–Kier alpha value is -1.92. The highest BCUT2D eigenvalue weighted by Gasteiger charge is 2.29. The zero-order valence-corrected chi connectivity index (χ0v) is 16.2. The van der Waals surface area contributed by atoms with Crippen LogP contribution < -0.4 is 0 Å². The fourth-order valence-electron chi connectivity index (χ4n) is 3.97. The summed E-state index contributed by atoms with van der Waals surface area (Å²) >= 11 is 6.03. The number of likely N-dealkylation sites (tertiary alicyclic amines) is 2. The highest BCUT2D eigenvalue weighted by atomic mass is 35.5. The fourth-order valence-corrected chi connectivity index (χ4v) is 4.16. The molecule has 0 aliphatic carbocycles. The molecule has 1 amide bonds. The van der Waals surface area contributed by atoms with Gasteiger partial charge in [-0.1, -0.05) is 28.9 Å². The lowest BCUT2D eigenvalue weighted by molar-refractivity contribution is -0.138. The van der Waals surface area contributed by atoms with Crippen molar-refractivity contribution in [1.82, 2.24) is 19.9 Å². The number of hydrogen-bond donors (Lipinski definition) is 0. The largest absolute Gasteiger partial charge is 0.342 e. The predicted octanol–water partition coefficient (Wildman–Crippen LogP) is 3.61. The Morgan fingerprint density at radius 1 is 1.15 bits per heavy atom. The van der Waals surface area contributed by atoms with Crippen LogP contribution in [0.2, 0.25) is 5.02 Å². The van der Waals surface area contributed by atoms with E-state index < -0.39 is 0 Å². The van der Waals surface area contributed by atoms with E-state index in [4.69, 9.17) is 16.1 Å². The molecule has 1 aromatic carbocycles. The van der Waals surface area contributed by atoms with Gasteiger partial charge in [0, 0.05) is 29.6 Å². The summed E-state index contributed by atoms with van der Waals surface area (Å²) in [6.07, 6.45) is 5.37. The molecule has 0 atom stereocenters. The third-order valence-corrected chi connectivity index (χ3v) is 5.75. The second kappa shape index (κ2) is 8.40. The third kappa shape index (κ3) is 4.50. The van der Waals surface area contributed by atoms with Crippen LogP contribution in [-0.4, -0.2) is 52.0 Å². The number of carbonyl (C=O) groups is 1. The number of benzene rings is 1. The van der Waals surface area contributed by atoms with Crippen molar-refractivity contribution in [1.29, 1.82) is 0 Å². The molecule has 2 saturated heterocycles. The lowest BCUT2D eigenvalue weighted by Gasteiger charge is -2.35. The highest BCUT2D eigenvalue weighted by Crippen LogP contribution is 2.24. The Morgan fingerprint density at radius 3 is 2.67 bits per heavy atom. The topological polar surface area (TPSA) is 62.5 Å². The van der Waals surface area contributed by atoms with Crippen molar-refractivity contribution in [2.45, 2.75) is 38.6 Å². The summed E-state index contributed by atoms with van der Waals surface area (Å²) in [6.45, 7) is 4.27. The van der Waals surface area contributed by atoms with E-state index >= 15 is 0 Å². The van der Waals surface area contributed by atoms with E-state index in [0.717, 1.165) is 57.4 Å². The van der Waals surface area contributed by atoms with E-state index in [9.17, 15) is 4.79 Å². The molecule has 0 unspecified atom stereocenters. The minimum Gasteiger partial charge on any atom is -0.342 e. The maximum atomic E-state index is 12.7. The highest BCUT2D eigenvalue weighted by molar-refractivity contribution is 6.30. The molecule has 0 bridgehead atoms. The Kier molecular flexibility index (Phi) is 5.74. The number of amides is 1. The SMILES string of the molecule is O=C(C1CCN(Cc2nc(-c3cccc(Cl)c3)no2)CC1)N1CCCCC1. The minimum atomic E-state index is 0.170. The van der Waals surface area contributed by atoms with Crippen molar-refractivity contribution in [3.63, 3.8) is 0 Å². The van der Waals surface area contributed by atoms with Gasteiger partial charge in [-0.05, 0) is 57.3 Å². The summed E-state index contributed by atoms with van der Waals surface area (Å²) in [5, 5.41) is 4.72. The molecule has 0 saturated carbocycles. The first-order valence-electron chi connectivity index (χ1n) is 9.79. The van der Waals surface area contributed by atoms with Crippen LogP contribution in [0, 0.1) is 5.92 Å². The maximum Gasteiger partial charge on any atom is 0.241 e. The Balaban J connectivity index is 1.30. The Bertz CT molecular complexity index is 780. The van der Waals surface area contributed by atoms with Gasteiger partial charge in [-0.2, -0.15) is 4.98 Å². The van der Waals surface area contributed by atoms with E-state index in [1.165, 1.54) is 6.42 Å². The van der Waals surface area contributed by atoms with Gasteiger partial charge in [0.25, 0.3) is 0 Å². The molecule has 4 rings (SSSR count). The number of rotatable bonds is 4. The molecule has 2 fully saturated rings. The van der Waals surface area contributed by atoms with Crippen molar-refractivity contribution < 1.29 is 9.32 Å². The van der Waals surface area contributed by atoms with Crippen LogP contribution in [0.3, 0.4) is 0 Å². The number of nitrogens with zero attached hydrogens (tertiary/aromatic N) is 4. The summed E-state index contributed by atoms with van der Waals surface area (Å²) in [4.78, 5) is 21.5. The summed E-state index contributed by atoms with van der Waals surface area (Å²) in [6, 6.07) is 7.44. The van der Waals surface area contributed by atoms with Gasteiger partial charge in [0.05, 0.1) is 6.54 Å². The molecule has 27 heavy (non-hydrogen) atoms. The van der Waals surface area contributed by atoms with Gasteiger partial charge in [0.1, 0.15) is 0 Å². The first-order valence-corrected chi connectivity index (χ1v) is 10.2. The zero-order chi connectivity index (χ0) is 18.6. The van der Waals surface area contributed by atoms with Gasteiger partial charge < -0.3 is 9.42 Å². The molecule has 2 aliphatic rings. The minimum absolute atomic E-state index is 0.170. The summed E-state index contributed by atoms with van der Waals surface area (Å²) < 4.78 is 5.41. The Labute approximate surface area is 164 Å². The second-order valence-electron chi connectivity index (χ2n) is 7.46. The van der Waals surface area contributed by atoms with Gasteiger partial charge in [0.15, 0.2) is 0 Å². The van der Waals surface area contributed by atoms with Crippen LogP contribution in [0.25, 0.3) is 11.4 Å². The van der Waals surface area contributed by atoms with Crippen LogP contribution in [0.4, 0.5) is 0 Å². The van der Waals surface area contributed by atoms with Gasteiger partial charge in [0.2, 0.25) is 17.6 Å². The van der Waals surface area contributed by atoms with Crippen LogP contribution >= 0.6 is 11.6 Å².